The van der Waals surface area contributed by atoms with Gasteiger partial charge in [-0.1, -0.05) is 5.92 Å². The number of rotatable bonds is 3. The standard InChI is InChI=1S/C7H12N2O2S/c1-2-5-8-12(10,11)9-6-3-4-7-9/h1,8H,3-7H2. The van der Waals surface area contributed by atoms with Gasteiger partial charge in [0.15, 0.2) is 0 Å². The Bertz CT molecular complexity index is 272. The van der Waals surface area contributed by atoms with Crippen molar-refractivity contribution in [3.63, 3.8) is 0 Å². The van der Waals surface area contributed by atoms with Gasteiger partial charge in [0.2, 0.25) is 0 Å². The highest BCUT2D eigenvalue weighted by molar-refractivity contribution is 7.87. The Morgan fingerprint density at radius 2 is 2.00 bits per heavy atom. The summed E-state index contributed by atoms with van der Waals surface area (Å²) in [6.45, 7) is 1.29. The molecule has 0 spiro atoms. The van der Waals surface area contributed by atoms with Crippen LogP contribution in [0.2, 0.25) is 0 Å². The smallest absolute Gasteiger partial charge is 0.195 e. The second kappa shape index (κ2) is 3.90. The molecule has 4 nitrogen and oxygen atoms in total. The molecule has 0 aromatic carbocycles. The van der Waals surface area contributed by atoms with Gasteiger partial charge in [0.05, 0.1) is 6.54 Å². The first kappa shape index (κ1) is 9.52. The second-order valence-corrected chi connectivity index (χ2v) is 4.39. The second-order valence-electron chi connectivity index (χ2n) is 2.64. The quantitative estimate of drug-likeness (QED) is 0.610. The van der Waals surface area contributed by atoms with Crippen molar-refractivity contribution in [3.8, 4) is 12.3 Å². The molecule has 0 aromatic heterocycles. The van der Waals surface area contributed by atoms with E-state index in [4.69, 9.17) is 6.42 Å². The van der Waals surface area contributed by atoms with E-state index in [1.54, 1.807) is 0 Å². The highest BCUT2D eigenvalue weighted by atomic mass is 32.2. The molecule has 1 N–H and O–H groups in total. The SMILES string of the molecule is C#CCNS(=O)(=O)N1CCCC1. The molecule has 1 saturated heterocycles. The van der Waals surface area contributed by atoms with Gasteiger partial charge >= 0.3 is 0 Å². The molecule has 0 aliphatic carbocycles. The Labute approximate surface area is 73.1 Å². The van der Waals surface area contributed by atoms with Crippen LogP contribution in [0.4, 0.5) is 0 Å². The maximum Gasteiger partial charge on any atom is 0.280 e. The van der Waals surface area contributed by atoms with Crippen LogP contribution in [-0.2, 0) is 10.2 Å². The lowest BCUT2D eigenvalue weighted by Crippen LogP contribution is -2.38. The lowest BCUT2D eigenvalue weighted by molar-refractivity contribution is 0.468. The molecule has 1 rings (SSSR count). The summed E-state index contributed by atoms with van der Waals surface area (Å²) >= 11 is 0. The van der Waals surface area contributed by atoms with E-state index in [1.807, 2.05) is 0 Å². The highest BCUT2D eigenvalue weighted by Gasteiger charge is 2.23. The molecule has 0 aromatic rings. The summed E-state index contributed by atoms with van der Waals surface area (Å²) in [5.74, 6) is 2.23. The number of nitrogens with zero attached hydrogens (tertiary/aromatic N) is 1. The lowest BCUT2D eigenvalue weighted by atomic mass is 10.4. The largest absolute Gasteiger partial charge is 0.280 e. The summed E-state index contributed by atoms with van der Waals surface area (Å²) in [4.78, 5) is 0. The molecule has 0 radical (unpaired) electrons. The monoisotopic (exact) mass is 188 g/mol. The van der Waals surface area contributed by atoms with Gasteiger partial charge < -0.3 is 0 Å². The van der Waals surface area contributed by atoms with Crippen LogP contribution in [0.1, 0.15) is 12.8 Å². The zero-order chi connectivity index (χ0) is 9.03. The van der Waals surface area contributed by atoms with Gasteiger partial charge in [0.25, 0.3) is 10.2 Å². The highest BCUT2D eigenvalue weighted by Crippen LogP contribution is 2.10. The third-order valence-corrected chi connectivity index (χ3v) is 3.32. The van der Waals surface area contributed by atoms with E-state index in [0.717, 1.165) is 12.8 Å². The van der Waals surface area contributed by atoms with Crippen LogP contribution in [0.15, 0.2) is 0 Å². The molecular formula is C7H12N2O2S. The van der Waals surface area contributed by atoms with E-state index in [9.17, 15) is 8.42 Å². The number of nitrogens with one attached hydrogen (secondary N) is 1. The molecule has 0 bridgehead atoms. The first-order valence-electron chi connectivity index (χ1n) is 3.85. The minimum absolute atomic E-state index is 0.0683. The third-order valence-electron chi connectivity index (χ3n) is 1.76. The van der Waals surface area contributed by atoms with Gasteiger partial charge in [-0.25, -0.2) is 0 Å². The molecule has 0 unspecified atom stereocenters. The van der Waals surface area contributed by atoms with Gasteiger partial charge in [0.1, 0.15) is 0 Å². The minimum atomic E-state index is -3.28. The van der Waals surface area contributed by atoms with Gasteiger partial charge in [-0.05, 0) is 12.8 Å². The molecule has 1 fully saturated rings. The molecule has 0 atom stereocenters. The molecule has 1 aliphatic rings. The van der Waals surface area contributed by atoms with Crippen molar-refractivity contribution >= 4 is 10.2 Å². The first-order chi connectivity index (χ1) is 5.67. The van der Waals surface area contributed by atoms with Crippen LogP contribution in [0.25, 0.3) is 0 Å². The number of hydrogen-bond donors (Lipinski definition) is 1. The fraction of sp³-hybridized carbons (Fsp3) is 0.714. The molecular weight excluding hydrogens is 176 g/mol. The fourth-order valence-corrected chi connectivity index (χ4v) is 2.34. The van der Waals surface area contributed by atoms with Crippen LogP contribution in [0.3, 0.4) is 0 Å². The predicted octanol–water partition coefficient (Wildman–Crippen LogP) is -0.450. The maximum absolute atomic E-state index is 11.3. The number of terminal acetylenes is 1. The van der Waals surface area contributed by atoms with E-state index >= 15 is 0 Å². The van der Waals surface area contributed by atoms with Crippen LogP contribution in [0, 0.1) is 12.3 Å². The Hall–Kier alpha value is -0.570. The maximum atomic E-state index is 11.3. The first-order valence-corrected chi connectivity index (χ1v) is 5.29. The van der Waals surface area contributed by atoms with Crippen molar-refractivity contribution in [3.05, 3.63) is 0 Å². The molecule has 1 heterocycles. The van der Waals surface area contributed by atoms with Crippen LogP contribution < -0.4 is 4.72 Å². The summed E-state index contributed by atoms with van der Waals surface area (Å²) in [6.07, 6.45) is 6.82. The molecule has 0 amide bonds. The van der Waals surface area contributed by atoms with Crippen molar-refractivity contribution < 1.29 is 8.42 Å². The normalized spacial score (nSPS) is 19.2. The third kappa shape index (κ3) is 2.21. The van der Waals surface area contributed by atoms with Gasteiger partial charge in [-0.3, -0.25) is 0 Å². The Kier molecular flexibility index (Phi) is 3.09. The summed E-state index contributed by atoms with van der Waals surface area (Å²) in [7, 11) is -3.28. The topological polar surface area (TPSA) is 49.4 Å². The van der Waals surface area contributed by atoms with Gasteiger partial charge in [-0.15, -0.1) is 6.42 Å². The van der Waals surface area contributed by atoms with E-state index in [0.29, 0.717) is 13.1 Å². The van der Waals surface area contributed by atoms with Gasteiger partial charge in [0, 0.05) is 13.1 Å². The van der Waals surface area contributed by atoms with Crippen LogP contribution in [-0.4, -0.2) is 32.4 Å². The van der Waals surface area contributed by atoms with E-state index in [2.05, 4.69) is 10.6 Å². The van der Waals surface area contributed by atoms with Crippen LogP contribution in [0.5, 0.6) is 0 Å². The Morgan fingerprint density at radius 3 is 2.50 bits per heavy atom. The average Bonchev–Trinajstić information content (AvgIpc) is 2.53. The van der Waals surface area contributed by atoms with E-state index in [-0.39, 0.29) is 6.54 Å². The van der Waals surface area contributed by atoms with Crippen molar-refractivity contribution in [1.82, 2.24) is 9.03 Å². The summed E-state index contributed by atoms with van der Waals surface area (Å²) in [5, 5.41) is 0. The van der Waals surface area contributed by atoms with Crippen molar-refractivity contribution in [2.45, 2.75) is 12.8 Å². The zero-order valence-electron chi connectivity index (χ0n) is 6.78. The molecule has 68 valence electrons. The number of hydrogen-bond acceptors (Lipinski definition) is 2. The lowest BCUT2D eigenvalue weighted by Gasteiger charge is -2.14. The summed E-state index contributed by atoms with van der Waals surface area (Å²) in [6, 6.07) is 0. The summed E-state index contributed by atoms with van der Waals surface area (Å²) < 4.78 is 26.4. The van der Waals surface area contributed by atoms with E-state index < -0.39 is 10.2 Å². The van der Waals surface area contributed by atoms with Crippen molar-refractivity contribution in [2.24, 2.45) is 0 Å². The molecule has 5 heteroatoms. The Balaban J connectivity index is 2.53. The van der Waals surface area contributed by atoms with Crippen LogP contribution >= 0.6 is 0 Å². The van der Waals surface area contributed by atoms with Gasteiger partial charge in [-0.2, -0.15) is 17.4 Å². The van der Waals surface area contributed by atoms with E-state index in [1.165, 1.54) is 4.31 Å². The van der Waals surface area contributed by atoms with Crippen molar-refractivity contribution in [1.29, 1.82) is 0 Å². The molecule has 12 heavy (non-hydrogen) atoms. The summed E-state index contributed by atoms with van der Waals surface area (Å²) in [5.41, 5.74) is 0. The average molecular weight is 188 g/mol. The molecule has 1 aliphatic heterocycles. The Morgan fingerprint density at radius 1 is 1.42 bits per heavy atom. The van der Waals surface area contributed by atoms with Crippen molar-refractivity contribution in [2.75, 3.05) is 19.6 Å². The predicted molar refractivity (Wildman–Crippen MR) is 46.6 cm³/mol. The minimum Gasteiger partial charge on any atom is -0.195 e. The zero-order valence-corrected chi connectivity index (χ0v) is 7.60. The molecule has 0 saturated carbocycles. The fourth-order valence-electron chi connectivity index (χ4n) is 1.15.